The monoisotopic (exact) mass is 327 g/mol. The number of nitrogens with one attached hydrogen (secondary N) is 2. The van der Waals surface area contributed by atoms with Gasteiger partial charge in [-0.15, -0.1) is 0 Å². The van der Waals surface area contributed by atoms with Crippen LogP contribution in [-0.2, 0) is 13.5 Å². The summed E-state index contributed by atoms with van der Waals surface area (Å²) in [6.07, 6.45) is 5.51. The van der Waals surface area contributed by atoms with Gasteiger partial charge in [0.15, 0.2) is 0 Å². The summed E-state index contributed by atoms with van der Waals surface area (Å²) < 4.78 is 1.99. The van der Waals surface area contributed by atoms with Crippen molar-refractivity contribution in [2.75, 3.05) is 23.7 Å². The smallest absolute Gasteiger partial charge is 0.147 e. The van der Waals surface area contributed by atoms with Gasteiger partial charge < -0.3 is 15.2 Å². The van der Waals surface area contributed by atoms with Crippen LogP contribution in [0.5, 0.6) is 0 Å². The predicted molar refractivity (Wildman–Crippen MR) is 88.4 cm³/mol. The lowest BCUT2D eigenvalue weighted by Crippen LogP contribution is -2.11. The van der Waals surface area contributed by atoms with Crippen LogP contribution in [0.1, 0.15) is 19.2 Å². The van der Waals surface area contributed by atoms with Gasteiger partial charge in [-0.25, -0.2) is 9.97 Å². The zero-order valence-electron chi connectivity index (χ0n) is 12.2. The Morgan fingerprint density at radius 3 is 2.38 bits per heavy atom. The lowest BCUT2D eigenvalue weighted by Gasteiger charge is -2.12. The largest absolute Gasteiger partial charge is 0.369 e. The van der Waals surface area contributed by atoms with Gasteiger partial charge in [-0.2, -0.15) is 0 Å². The number of nitrogens with zero attached hydrogens (tertiary/aromatic N) is 3. The Morgan fingerprint density at radius 2 is 1.81 bits per heavy atom. The number of hydrogen-bond donors (Lipinski definition) is 2. The number of imidazole rings is 1. The predicted octanol–water partition coefficient (Wildman–Crippen LogP) is 3.60. The quantitative estimate of drug-likeness (QED) is 0.815. The zero-order chi connectivity index (χ0) is 15.2. The second-order valence-electron chi connectivity index (χ2n) is 4.71. The van der Waals surface area contributed by atoms with E-state index in [1.165, 1.54) is 0 Å². The van der Waals surface area contributed by atoms with E-state index in [4.69, 9.17) is 23.2 Å². The van der Waals surface area contributed by atoms with Gasteiger partial charge in [0.05, 0.1) is 10.0 Å². The summed E-state index contributed by atoms with van der Waals surface area (Å²) in [6.45, 7) is 3.61. The molecule has 0 bridgehead atoms. The minimum atomic E-state index is 0.516. The Labute approximate surface area is 134 Å². The first-order chi connectivity index (χ1) is 10.1. The highest BCUT2D eigenvalue weighted by atomic mass is 35.5. The SMILES string of the molecule is CCCNc1nc(NCCc2nccn2C)c(Cl)cc1Cl. The Bertz CT molecular complexity index is 597. The van der Waals surface area contributed by atoms with Crippen molar-refractivity contribution in [1.82, 2.24) is 14.5 Å². The van der Waals surface area contributed by atoms with E-state index in [0.29, 0.717) is 28.2 Å². The number of hydrogen-bond acceptors (Lipinski definition) is 4. The van der Waals surface area contributed by atoms with E-state index < -0.39 is 0 Å². The molecular formula is C14H19Cl2N5. The van der Waals surface area contributed by atoms with Crippen LogP contribution < -0.4 is 10.6 Å². The van der Waals surface area contributed by atoms with Gasteiger partial charge in [-0.05, 0) is 12.5 Å². The molecule has 0 fully saturated rings. The molecule has 2 aromatic rings. The van der Waals surface area contributed by atoms with Gasteiger partial charge in [0, 0.05) is 39.0 Å². The molecule has 0 saturated heterocycles. The molecule has 0 aliphatic heterocycles. The van der Waals surface area contributed by atoms with E-state index in [1.807, 2.05) is 17.8 Å². The molecule has 0 amide bonds. The average Bonchev–Trinajstić information content (AvgIpc) is 2.85. The highest BCUT2D eigenvalue weighted by Crippen LogP contribution is 2.29. The van der Waals surface area contributed by atoms with Crippen molar-refractivity contribution in [3.8, 4) is 0 Å². The zero-order valence-corrected chi connectivity index (χ0v) is 13.7. The van der Waals surface area contributed by atoms with Gasteiger partial charge >= 0.3 is 0 Å². The number of aromatic nitrogens is 3. The van der Waals surface area contributed by atoms with Crippen LogP contribution >= 0.6 is 23.2 Å². The minimum Gasteiger partial charge on any atom is -0.369 e. The maximum Gasteiger partial charge on any atom is 0.147 e. The third-order valence-corrected chi connectivity index (χ3v) is 3.61. The van der Waals surface area contributed by atoms with Crippen molar-refractivity contribution in [1.29, 1.82) is 0 Å². The van der Waals surface area contributed by atoms with E-state index in [9.17, 15) is 0 Å². The van der Waals surface area contributed by atoms with Crippen LogP contribution in [0.3, 0.4) is 0 Å². The van der Waals surface area contributed by atoms with Crippen molar-refractivity contribution in [2.45, 2.75) is 19.8 Å². The van der Waals surface area contributed by atoms with Gasteiger partial charge in [-0.1, -0.05) is 30.1 Å². The van der Waals surface area contributed by atoms with Crippen molar-refractivity contribution in [3.63, 3.8) is 0 Å². The van der Waals surface area contributed by atoms with E-state index in [1.54, 1.807) is 12.3 Å². The lowest BCUT2D eigenvalue weighted by molar-refractivity contribution is 0.788. The Hall–Kier alpha value is -1.46. The van der Waals surface area contributed by atoms with E-state index in [2.05, 4.69) is 27.5 Å². The van der Waals surface area contributed by atoms with Crippen LogP contribution in [0.15, 0.2) is 18.5 Å². The number of halogens is 2. The van der Waals surface area contributed by atoms with Gasteiger partial charge in [0.1, 0.15) is 17.5 Å². The van der Waals surface area contributed by atoms with Crippen LogP contribution in [0.2, 0.25) is 10.0 Å². The maximum atomic E-state index is 6.17. The van der Waals surface area contributed by atoms with Crippen molar-refractivity contribution in [2.24, 2.45) is 7.05 Å². The summed E-state index contributed by atoms with van der Waals surface area (Å²) in [7, 11) is 1.97. The molecule has 2 N–H and O–H groups in total. The molecule has 2 rings (SSSR count). The van der Waals surface area contributed by atoms with Crippen LogP contribution in [0.4, 0.5) is 11.6 Å². The van der Waals surface area contributed by atoms with Gasteiger partial charge in [-0.3, -0.25) is 0 Å². The molecule has 0 aliphatic carbocycles. The minimum absolute atomic E-state index is 0.516. The molecule has 7 heteroatoms. The van der Waals surface area contributed by atoms with Crippen LogP contribution in [0, 0.1) is 0 Å². The Balaban J connectivity index is 2.00. The fourth-order valence-corrected chi connectivity index (χ4v) is 2.38. The summed E-state index contributed by atoms with van der Waals surface area (Å²) in [5, 5.41) is 7.46. The fourth-order valence-electron chi connectivity index (χ4n) is 1.89. The third kappa shape index (κ3) is 4.25. The van der Waals surface area contributed by atoms with Gasteiger partial charge in [0.2, 0.25) is 0 Å². The first kappa shape index (κ1) is 15.9. The first-order valence-electron chi connectivity index (χ1n) is 6.91. The summed E-state index contributed by atoms with van der Waals surface area (Å²) >= 11 is 12.3. The maximum absolute atomic E-state index is 6.17. The molecule has 0 aromatic carbocycles. The highest BCUT2D eigenvalue weighted by molar-refractivity contribution is 6.37. The lowest BCUT2D eigenvalue weighted by atomic mass is 10.3. The molecule has 0 atom stereocenters. The Morgan fingerprint density at radius 1 is 1.14 bits per heavy atom. The van der Waals surface area contributed by atoms with E-state index in [-0.39, 0.29) is 0 Å². The summed E-state index contributed by atoms with van der Waals surface area (Å²) in [6, 6.07) is 1.71. The summed E-state index contributed by atoms with van der Waals surface area (Å²) in [5.74, 6) is 2.30. The number of aryl methyl sites for hydroxylation is 1. The molecule has 114 valence electrons. The van der Waals surface area contributed by atoms with Crippen molar-refractivity contribution in [3.05, 3.63) is 34.3 Å². The molecule has 5 nitrogen and oxygen atoms in total. The Kier molecular flexibility index (Phi) is 5.70. The van der Waals surface area contributed by atoms with E-state index >= 15 is 0 Å². The second kappa shape index (κ2) is 7.52. The summed E-state index contributed by atoms with van der Waals surface area (Å²) in [5.41, 5.74) is 0. The molecule has 21 heavy (non-hydrogen) atoms. The van der Waals surface area contributed by atoms with E-state index in [0.717, 1.165) is 25.2 Å². The summed E-state index contributed by atoms with van der Waals surface area (Å²) in [4.78, 5) is 8.71. The topological polar surface area (TPSA) is 54.8 Å². The average molecular weight is 328 g/mol. The molecular weight excluding hydrogens is 309 g/mol. The second-order valence-corrected chi connectivity index (χ2v) is 5.52. The fraction of sp³-hybridized carbons (Fsp3) is 0.429. The van der Waals surface area contributed by atoms with Crippen LogP contribution in [0.25, 0.3) is 0 Å². The van der Waals surface area contributed by atoms with Crippen molar-refractivity contribution < 1.29 is 0 Å². The van der Waals surface area contributed by atoms with Crippen LogP contribution in [-0.4, -0.2) is 27.6 Å². The van der Waals surface area contributed by atoms with Gasteiger partial charge in [0.25, 0.3) is 0 Å². The normalized spacial score (nSPS) is 10.7. The molecule has 0 spiro atoms. The van der Waals surface area contributed by atoms with Crippen molar-refractivity contribution >= 4 is 34.8 Å². The molecule has 0 radical (unpaired) electrons. The molecule has 0 unspecified atom stereocenters. The molecule has 2 heterocycles. The number of rotatable bonds is 7. The first-order valence-corrected chi connectivity index (χ1v) is 7.67. The standard InChI is InChI=1S/C14H19Cl2N5/c1-3-5-18-13-10(15)9-11(16)14(20-13)19-6-4-12-17-7-8-21(12)2/h7-9H,3-6H2,1-2H3,(H2,18,19,20). The molecule has 0 aliphatic rings. The molecule has 2 aromatic heterocycles. The molecule has 0 saturated carbocycles. The number of pyridine rings is 1. The third-order valence-electron chi connectivity index (χ3n) is 3.03. The number of anilines is 2. The highest BCUT2D eigenvalue weighted by Gasteiger charge is 2.09.